The van der Waals surface area contributed by atoms with Gasteiger partial charge in [-0.1, -0.05) is 17.4 Å². The van der Waals surface area contributed by atoms with E-state index in [-0.39, 0.29) is 5.97 Å². The number of hydrogen-bond acceptors (Lipinski definition) is 7. The van der Waals surface area contributed by atoms with Crippen LogP contribution in [0.5, 0.6) is 0 Å². The fourth-order valence-electron chi connectivity index (χ4n) is 1.44. The maximum absolute atomic E-state index is 11.6. The number of hydrazone groups is 1. The van der Waals surface area contributed by atoms with Crippen LogP contribution in [0.25, 0.3) is 0 Å². The van der Waals surface area contributed by atoms with Crippen molar-refractivity contribution in [3.63, 3.8) is 0 Å². The SMILES string of the molecule is CCOC(=O)c1sc(N/N=C\c2cccnc2)nc1C. The molecule has 6 nitrogen and oxygen atoms in total. The highest BCUT2D eigenvalue weighted by Gasteiger charge is 2.15. The zero-order chi connectivity index (χ0) is 14.4. The zero-order valence-corrected chi connectivity index (χ0v) is 12.0. The largest absolute Gasteiger partial charge is 0.462 e. The van der Waals surface area contributed by atoms with Crippen molar-refractivity contribution in [3.05, 3.63) is 40.7 Å². The Hall–Kier alpha value is -2.28. The summed E-state index contributed by atoms with van der Waals surface area (Å²) in [5, 5.41) is 4.60. The number of ether oxygens (including phenoxy) is 1. The molecule has 0 saturated heterocycles. The molecule has 2 aromatic rings. The standard InChI is InChI=1S/C13H14N4O2S/c1-3-19-12(18)11-9(2)16-13(20-11)17-15-8-10-5-4-6-14-7-10/h4-8H,3H2,1-2H3,(H,16,17)/b15-8-. The van der Waals surface area contributed by atoms with Crippen LogP contribution in [0, 0.1) is 6.92 Å². The Morgan fingerprint density at radius 3 is 3.15 bits per heavy atom. The maximum atomic E-state index is 11.6. The van der Waals surface area contributed by atoms with Gasteiger partial charge in [-0.15, -0.1) is 0 Å². The second kappa shape index (κ2) is 6.76. The normalized spacial score (nSPS) is 10.7. The van der Waals surface area contributed by atoms with Crippen molar-refractivity contribution in [2.75, 3.05) is 12.0 Å². The summed E-state index contributed by atoms with van der Waals surface area (Å²) in [4.78, 5) is 20.3. The van der Waals surface area contributed by atoms with E-state index in [2.05, 4.69) is 20.5 Å². The van der Waals surface area contributed by atoms with Crippen LogP contribution in [0.2, 0.25) is 0 Å². The molecule has 0 fully saturated rings. The van der Waals surface area contributed by atoms with Gasteiger partial charge in [-0.2, -0.15) is 5.10 Å². The van der Waals surface area contributed by atoms with Crippen LogP contribution in [0.3, 0.4) is 0 Å². The van der Waals surface area contributed by atoms with Gasteiger partial charge in [0.25, 0.3) is 0 Å². The maximum Gasteiger partial charge on any atom is 0.350 e. The minimum Gasteiger partial charge on any atom is -0.462 e. The van der Waals surface area contributed by atoms with Crippen LogP contribution in [0.4, 0.5) is 5.13 Å². The first kappa shape index (κ1) is 14.1. The predicted octanol–water partition coefficient (Wildman–Crippen LogP) is 2.47. The van der Waals surface area contributed by atoms with Crippen molar-refractivity contribution in [3.8, 4) is 0 Å². The van der Waals surface area contributed by atoms with E-state index in [1.165, 1.54) is 11.3 Å². The number of carbonyl (C=O) groups is 1. The molecule has 0 aromatic carbocycles. The fourth-order valence-corrected chi connectivity index (χ4v) is 2.25. The van der Waals surface area contributed by atoms with E-state index in [0.717, 1.165) is 5.56 Å². The highest BCUT2D eigenvalue weighted by molar-refractivity contribution is 7.17. The molecule has 0 aliphatic carbocycles. The summed E-state index contributed by atoms with van der Waals surface area (Å²) in [6.07, 6.45) is 5.02. The van der Waals surface area contributed by atoms with Crippen molar-refractivity contribution >= 4 is 28.7 Å². The van der Waals surface area contributed by atoms with Gasteiger partial charge in [0, 0.05) is 18.0 Å². The molecule has 2 heterocycles. The van der Waals surface area contributed by atoms with E-state index in [1.54, 1.807) is 32.5 Å². The third kappa shape index (κ3) is 3.61. The molecular weight excluding hydrogens is 276 g/mol. The molecule has 0 aliphatic heterocycles. The molecule has 7 heteroatoms. The Balaban J connectivity index is 2.02. The van der Waals surface area contributed by atoms with Crippen LogP contribution in [0.1, 0.15) is 27.9 Å². The lowest BCUT2D eigenvalue weighted by molar-refractivity contribution is 0.0531. The Labute approximate surface area is 120 Å². The molecular formula is C13H14N4O2S. The van der Waals surface area contributed by atoms with Gasteiger partial charge < -0.3 is 4.74 Å². The molecule has 0 bridgehead atoms. The van der Waals surface area contributed by atoms with Gasteiger partial charge >= 0.3 is 5.97 Å². The first-order chi connectivity index (χ1) is 9.70. The summed E-state index contributed by atoms with van der Waals surface area (Å²) >= 11 is 1.22. The lowest BCUT2D eigenvalue weighted by Gasteiger charge is -1.97. The van der Waals surface area contributed by atoms with Crippen LogP contribution in [-0.4, -0.2) is 28.8 Å². The first-order valence-electron chi connectivity index (χ1n) is 6.04. The van der Waals surface area contributed by atoms with Gasteiger partial charge in [0.2, 0.25) is 5.13 Å². The highest BCUT2D eigenvalue weighted by atomic mass is 32.1. The minimum atomic E-state index is -0.355. The molecule has 20 heavy (non-hydrogen) atoms. The van der Waals surface area contributed by atoms with Crippen molar-refractivity contribution in [1.82, 2.24) is 9.97 Å². The minimum absolute atomic E-state index is 0.345. The second-order valence-electron chi connectivity index (χ2n) is 3.81. The van der Waals surface area contributed by atoms with Crippen molar-refractivity contribution < 1.29 is 9.53 Å². The number of thiazole rings is 1. The Morgan fingerprint density at radius 2 is 2.45 bits per heavy atom. The van der Waals surface area contributed by atoms with Gasteiger partial charge in [0.15, 0.2) is 0 Å². The van der Waals surface area contributed by atoms with E-state index in [9.17, 15) is 4.79 Å². The third-order valence-electron chi connectivity index (χ3n) is 2.32. The number of hydrogen-bond donors (Lipinski definition) is 1. The molecule has 0 atom stereocenters. The van der Waals surface area contributed by atoms with Gasteiger partial charge in [0.05, 0.1) is 18.5 Å². The van der Waals surface area contributed by atoms with Crippen LogP contribution in [0.15, 0.2) is 29.6 Å². The number of aromatic nitrogens is 2. The lowest BCUT2D eigenvalue weighted by atomic mass is 10.3. The van der Waals surface area contributed by atoms with E-state index in [0.29, 0.717) is 22.3 Å². The van der Waals surface area contributed by atoms with Gasteiger partial charge in [-0.05, 0) is 19.9 Å². The van der Waals surface area contributed by atoms with Crippen LogP contribution in [-0.2, 0) is 4.74 Å². The topological polar surface area (TPSA) is 76.5 Å². The number of nitrogens with zero attached hydrogens (tertiary/aromatic N) is 3. The van der Waals surface area contributed by atoms with Gasteiger partial charge in [0.1, 0.15) is 4.88 Å². The number of anilines is 1. The second-order valence-corrected chi connectivity index (χ2v) is 4.81. The molecule has 2 rings (SSSR count). The van der Waals surface area contributed by atoms with Crippen molar-refractivity contribution in [1.29, 1.82) is 0 Å². The van der Waals surface area contributed by atoms with E-state index < -0.39 is 0 Å². The summed E-state index contributed by atoms with van der Waals surface area (Å²) in [5.74, 6) is -0.355. The van der Waals surface area contributed by atoms with Crippen LogP contribution < -0.4 is 5.43 Å². The third-order valence-corrected chi connectivity index (χ3v) is 3.36. The number of carbonyl (C=O) groups excluding carboxylic acids is 1. The number of esters is 1. The molecule has 0 radical (unpaired) electrons. The smallest absolute Gasteiger partial charge is 0.350 e. The van der Waals surface area contributed by atoms with E-state index >= 15 is 0 Å². The molecule has 0 aliphatic rings. The highest BCUT2D eigenvalue weighted by Crippen LogP contribution is 2.23. The van der Waals surface area contributed by atoms with Gasteiger partial charge in [-0.25, -0.2) is 9.78 Å². The molecule has 2 aromatic heterocycles. The Kier molecular flexibility index (Phi) is 4.78. The number of rotatable bonds is 5. The molecule has 0 saturated carbocycles. The summed E-state index contributed by atoms with van der Waals surface area (Å²) in [6, 6.07) is 3.71. The zero-order valence-electron chi connectivity index (χ0n) is 11.2. The average Bonchev–Trinajstić information content (AvgIpc) is 2.81. The molecule has 1 N–H and O–H groups in total. The first-order valence-corrected chi connectivity index (χ1v) is 6.86. The summed E-state index contributed by atoms with van der Waals surface area (Å²) < 4.78 is 4.95. The molecule has 104 valence electrons. The predicted molar refractivity (Wildman–Crippen MR) is 78.3 cm³/mol. The quantitative estimate of drug-likeness (QED) is 0.520. The molecule has 0 spiro atoms. The monoisotopic (exact) mass is 290 g/mol. The molecule has 0 unspecified atom stereocenters. The summed E-state index contributed by atoms with van der Waals surface area (Å²) in [5.41, 5.74) is 4.30. The Bertz CT molecular complexity index is 610. The lowest BCUT2D eigenvalue weighted by Crippen LogP contribution is -2.03. The Morgan fingerprint density at radius 1 is 1.60 bits per heavy atom. The molecule has 0 amide bonds. The summed E-state index contributed by atoms with van der Waals surface area (Å²) in [7, 11) is 0. The average molecular weight is 290 g/mol. The fraction of sp³-hybridized carbons (Fsp3) is 0.231. The van der Waals surface area contributed by atoms with Crippen LogP contribution >= 0.6 is 11.3 Å². The number of nitrogens with one attached hydrogen (secondary N) is 1. The van der Waals surface area contributed by atoms with Gasteiger partial charge in [-0.3, -0.25) is 10.4 Å². The summed E-state index contributed by atoms with van der Waals surface area (Å²) in [6.45, 7) is 3.88. The number of aryl methyl sites for hydroxylation is 1. The van der Waals surface area contributed by atoms with Crippen molar-refractivity contribution in [2.24, 2.45) is 5.10 Å². The van der Waals surface area contributed by atoms with Crippen molar-refractivity contribution in [2.45, 2.75) is 13.8 Å². The number of pyridine rings is 1. The van der Waals surface area contributed by atoms with E-state index in [4.69, 9.17) is 4.74 Å². The van der Waals surface area contributed by atoms with E-state index in [1.807, 2.05) is 12.1 Å².